The van der Waals surface area contributed by atoms with Gasteiger partial charge in [-0.2, -0.15) is 12.8 Å². The van der Waals surface area contributed by atoms with Crippen LogP contribution in [0.3, 0.4) is 0 Å². The summed E-state index contributed by atoms with van der Waals surface area (Å²) in [6.45, 7) is 4.65. The molecule has 0 bridgehead atoms. The second-order valence-corrected chi connectivity index (χ2v) is 3.11. The number of rotatable bonds is 1. The van der Waals surface area contributed by atoms with Crippen molar-refractivity contribution in [3.05, 3.63) is 6.42 Å². The van der Waals surface area contributed by atoms with Crippen LogP contribution in [0.2, 0.25) is 0 Å². The van der Waals surface area contributed by atoms with Gasteiger partial charge in [-0.1, -0.05) is 26.2 Å². The molecular weight excluding hydrogens is 182 g/mol. The van der Waals surface area contributed by atoms with Crippen molar-refractivity contribution < 1.29 is 58.2 Å². The smallest absolute Gasteiger partial charge is 0.328 e. The van der Waals surface area contributed by atoms with E-state index in [1.165, 1.54) is 19.3 Å². The molecule has 1 saturated carbocycles. The van der Waals surface area contributed by atoms with Crippen LogP contribution in [0.25, 0.3) is 0 Å². The van der Waals surface area contributed by atoms with Gasteiger partial charge in [0.05, 0.1) is 0 Å². The summed E-state index contributed by atoms with van der Waals surface area (Å²) in [5.74, 6) is 1.92. The Labute approximate surface area is 108 Å². The van der Waals surface area contributed by atoms with Crippen LogP contribution in [-0.4, -0.2) is 0 Å². The Bertz CT molecular complexity index is 63.0. The minimum absolute atomic E-state index is 0. The van der Waals surface area contributed by atoms with Crippen molar-refractivity contribution in [1.82, 2.24) is 0 Å². The fourth-order valence-electron chi connectivity index (χ4n) is 1.39. The third kappa shape index (κ3) is 3.64. The molecule has 1 aliphatic carbocycles. The first kappa shape index (κ1) is 10.8. The zero-order valence-corrected chi connectivity index (χ0v) is 11.8. The van der Waals surface area contributed by atoms with Gasteiger partial charge in [-0.25, -0.2) is 0 Å². The van der Waals surface area contributed by atoms with Crippen molar-refractivity contribution in [2.75, 3.05) is 0 Å². The number of hydrogen-bond acceptors (Lipinski definition) is 0. The molecule has 0 heterocycles. The van der Waals surface area contributed by atoms with Gasteiger partial charge in [0, 0.05) is 0 Å². The molecule has 0 aliphatic heterocycles. The molecule has 48 valence electrons. The van der Waals surface area contributed by atoms with E-state index in [0.29, 0.717) is 0 Å². The van der Waals surface area contributed by atoms with E-state index in [0.717, 1.165) is 11.8 Å². The fourth-order valence-corrected chi connectivity index (χ4v) is 1.39. The van der Waals surface area contributed by atoms with Gasteiger partial charge < -0.3 is 6.42 Å². The molecule has 0 amide bonds. The summed E-state index contributed by atoms with van der Waals surface area (Å²) < 4.78 is 0. The Morgan fingerprint density at radius 2 is 2.11 bits per heavy atom. The fraction of sp³-hybridized carbons (Fsp3) is 0.875. The average Bonchev–Trinajstić information content (AvgIpc) is 2.12. The quantitative estimate of drug-likeness (QED) is 0.503. The molecule has 1 rings (SSSR count). The van der Waals surface area contributed by atoms with Crippen molar-refractivity contribution in [2.24, 2.45) is 11.8 Å². The topological polar surface area (TPSA) is 0 Å². The molecule has 1 fully saturated rings. The van der Waals surface area contributed by atoms with Gasteiger partial charge in [0.2, 0.25) is 0 Å². The maximum absolute atomic E-state index is 2.42. The minimum atomic E-state index is 0. The summed E-state index contributed by atoms with van der Waals surface area (Å²) in [6.07, 6.45) is 6.60. The predicted octanol–water partition coefficient (Wildman–Crippen LogP) is -0.349. The van der Waals surface area contributed by atoms with E-state index in [-0.39, 0.29) is 58.2 Å². The molecule has 0 spiro atoms. The molecule has 0 unspecified atom stereocenters. The van der Waals surface area contributed by atoms with Crippen LogP contribution in [0.1, 0.15) is 33.1 Å². The van der Waals surface area contributed by atoms with Gasteiger partial charge in [-0.05, 0) is 5.92 Å². The maximum Gasteiger partial charge on any atom is 1.00 e. The van der Waals surface area contributed by atoms with Crippen LogP contribution in [-0.2, 0) is 0 Å². The Morgan fingerprint density at radius 3 is 2.33 bits per heavy atom. The van der Waals surface area contributed by atoms with Crippen molar-refractivity contribution in [3.8, 4) is 0 Å². The Balaban J connectivity index is 0.000000640. The van der Waals surface area contributed by atoms with Crippen LogP contribution < -0.4 is 58.2 Å². The van der Waals surface area contributed by atoms with Gasteiger partial charge in [0.1, 0.15) is 0 Å². The SMILES string of the molecule is CC(C)[C@@H]1C[CH-]CC1.[Rb+]. The Kier molecular flexibility index (Phi) is 6.55. The monoisotopic (exact) mass is 196 g/mol. The van der Waals surface area contributed by atoms with E-state index >= 15 is 0 Å². The van der Waals surface area contributed by atoms with Crippen LogP contribution in [0, 0.1) is 18.3 Å². The molecule has 1 heteroatoms. The van der Waals surface area contributed by atoms with Crippen molar-refractivity contribution >= 4 is 0 Å². The Hall–Kier alpha value is 1.81. The number of hydrogen-bond donors (Lipinski definition) is 0. The Morgan fingerprint density at radius 1 is 1.44 bits per heavy atom. The molecule has 0 aromatic heterocycles. The third-order valence-corrected chi connectivity index (χ3v) is 2.15. The molecule has 9 heavy (non-hydrogen) atoms. The van der Waals surface area contributed by atoms with Crippen LogP contribution >= 0.6 is 0 Å². The molecule has 1 atom stereocenters. The summed E-state index contributed by atoms with van der Waals surface area (Å²) in [4.78, 5) is 0. The summed E-state index contributed by atoms with van der Waals surface area (Å²) in [7, 11) is 0. The van der Waals surface area contributed by atoms with E-state index in [2.05, 4.69) is 20.3 Å². The molecule has 0 N–H and O–H groups in total. The third-order valence-electron chi connectivity index (χ3n) is 2.15. The summed E-state index contributed by atoms with van der Waals surface area (Å²) in [5, 5.41) is 0. The van der Waals surface area contributed by atoms with E-state index in [1.807, 2.05) is 0 Å². The predicted molar refractivity (Wildman–Crippen MR) is 36.5 cm³/mol. The first-order valence-electron chi connectivity index (χ1n) is 3.62. The van der Waals surface area contributed by atoms with E-state index in [4.69, 9.17) is 0 Å². The van der Waals surface area contributed by atoms with Gasteiger partial charge in [-0.15, -0.1) is 0 Å². The first-order valence-corrected chi connectivity index (χ1v) is 3.62. The van der Waals surface area contributed by atoms with E-state index < -0.39 is 0 Å². The largest absolute Gasteiger partial charge is 1.00 e. The van der Waals surface area contributed by atoms with E-state index in [9.17, 15) is 0 Å². The molecule has 0 nitrogen and oxygen atoms in total. The second kappa shape index (κ2) is 5.45. The van der Waals surface area contributed by atoms with Crippen LogP contribution in [0.5, 0.6) is 0 Å². The molecule has 0 radical (unpaired) electrons. The molecule has 0 aromatic rings. The minimum Gasteiger partial charge on any atom is -0.328 e. The molecule has 1 aliphatic rings. The van der Waals surface area contributed by atoms with Crippen molar-refractivity contribution in [2.45, 2.75) is 33.1 Å². The maximum atomic E-state index is 2.42. The van der Waals surface area contributed by atoms with Crippen molar-refractivity contribution in [1.29, 1.82) is 0 Å². The molecule has 0 saturated heterocycles. The zero-order chi connectivity index (χ0) is 5.98. The van der Waals surface area contributed by atoms with Crippen molar-refractivity contribution in [3.63, 3.8) is 0 Å². The first-order chi connectivity index (χ1) is 3.80. The second-order valence-electron chi connectivity index (χ2n) is 3.11. The standard InChI is InChI=1S/C8H15.Rb/c1-7(2)8-5-3-4-6-8;/h3,7-8H,4-6H2,1-2H3;/q-1;+1/t8-;/m1./s1. The van der Waals surface area contributed by atoms with Gasteiger partial charge in [-0.3, -0.25) is 0 Å². The van der Waals surface area contributed by atoms with Crippen LogP contribution in [0.15, 0.2) is 0 Å². The average molecular weight is 197 g/mol. The van der Waals surface area contributed by atoms with Gasteiger partial charge in [0.15, 0.2) is 0 Å². The molecular formula is C8H15Rb. The normalized spacial score (nSPS) is 26.3. The van der Waals surface area contributed by atoms with Gasteiger partial charge in [0.25, 0.3) is 0 Å². The van der Waals surface area contributed by atoms with Crippen LogP contribution in [0.4, 0.5) is 0 Å². The summed E-state index contributed by atoms with van der Waals surface area (Å²) in [5.41, 5.74) is 0. The van der Waals surface area contributed by atoms with Gasteiger partial charge >= 0.3 is 58.2 Å². The molecule has 0 aromatic carbocycles. The van der Waals surface area contributed by atoms with E-state index in [1.54, 1.807) is 0 Å². The zero-order valence-electron chi connectivity index (χ0n) is 6.85. The summed E-state index contributed by atoms with van der Waals surface area (Å²) in [6, 6.07) is 0. The summed E-state index contributed by atoms with van der Waals surface area (Å²) >= 11 is 0.